The topological polar surface area (TPSA) is 72.5 Å². The van der Waals surface area contributed by atoms with Crippen LogP contribution in [0.5, 0.6) is 11.5 Å². The van der Waals surface area contributed by atoms with Crippen molar-refractivity contribution in [3.05, 3.63) is 42.2 Å². The Bertz CT molecular complexity index is 742. The predicted molar refractivity (Wildman–Crippen MR) is 97.6 cm³/mol. The number of nitrogens with zero attached hydrogens (tertiary/aromatic N) is 1. The molecule has 0 spiro atoms. The van der Waals surface area contributed by atoms with Gasteiger partial charge in [-0.2, -0.15) is 0 Å². The number of methoxy groups -OCH3 is 2. The van der Waals surface area contributed by atoms with Gasteiger partial charge in [-0.15, -0.1) is 0 Å². The van der Waals surface area contributed by atoms with Gasteiger partial charge in [0.05, 0.1) is 31.2 Å². The summed E-state index contributed by atoms with van der Waals surface area (Å²) in [5, 5.41) is 6.32. The fourth-order valence-corrected chi connectivity index (χ4v) is 3.06. The second kappa shape index (κ2) is 7.88. The predicted octanol–water partition coefficient (Wildman–Crippen LogP) is 3.71. The quantitative estimate of drug-likeness (QED) is 0.838. The van der Waals surface area contributed by atoms with Crippen molar-refractivity contribution in [2.75, 3.05) is 24.9 Å². The minimum Gasteiger partial charge on any atom is -0.497 e. The van der Waals surface area contributed by atoms with Gasteiger partial charge in [-0.25, -0.2) is 0 Å². The van der Waals surface area contributed by atoms with E-state index in [0.717, 1.165) is 18.5 Å². The fourth-order valence-electron chi connectivity index (χ4n) is 3.06. The molecule has 1 fully saturated rings. The zero-order chi connectivity index (χ0) is 17.6. The second-order valence-electron chi connectivity index (χ2n) is 6.11. The van der Waals surface area contributed by atoms with E-state index in [1.165, 1.54) is 12.8 Å². The summed E-state index contributed by atoms with van der Waals surface area (Å²) < 4.78 is 10.5. The molecule has 2 N–H and O–H groups in total. The number of pyridine rings is 1. The molecule has 0 aliphatic heterocycles. The number of amides is 1. The molecule has 0 saturated heterocycles. The van der Waals surface area contributed by atoms with E-state index < -0.39 is 0 Å². The lowest BCUT2D eigenvalue weighted by molar-refractivity contribution is 0.102. The third-order valence-corrected chi connectivity index (χ3v) is 4.38. The molecule has 6 heteroatoms. The number of nitrogens with one attached hydrogen (secondary N) is 2. The minimum atomic E-state index is -0.242. The number of carbonyl (C=O) groups is 1. The van der Waals surface area contributed by atoms with E-state index in [1.807, 2.05) is 6.07 Å². The van der Waals surface area contributed by atoms with Gasteiger partial charge in [0.15, 0.2) is 0 Å². The smallest absolute Gasteiger partial charge is 0.257 e. The lowest BCUT2D eigenvalue weighted by atomic mass is 10.2. The Morgan fingerprint density at radius 3 is 2.64 bits per heavy atom. The SMILES string of the molecule is COc1ccc(OC)c(NC(=O)c2cncc(NC3CCCC3)c2)c1. The molecule has 0 unspecified atom stereocenters. The molecule has 0 bridgehead atoms. The first-order valence-electron chi connectivity index (χ1n) is 8.44. The van der Waals surface area contributed by atoms with E-state index in [9.17, 15) is 4.79 Å². The van der Waals surface area contributed by atoms with E-state index in [1.54, 1.807) is 44.8 Å². The highest BCUT2D eigenvalue weighted by molar-refractivity contribution is 6.05. The Morgan fingerprint density at radius 2 is 1.92 bits per heavy atom. The van der Waals surface area contributed by atoms with E-state index in [2.05, 4.69) is 15.6 Å². The lowest BCUT2D eigenvalue weighted by Crippen LogP contribution is -2.17. The molecule has 1 heterocycles. The number of hydrogen-bond acceptors (Lipinski definition) is 5. The standard InChI is InChI=1S/C19H23N3O3/c1-24-16-7-8-18(25-2)17(10-16)22-19(23)13-9-15(12-20-11-13)21-14-5-3-4-6-14/h7-12,14,21H,3-6H2,1-2H3,(H,22,23). The molecular formula is C19H23N3O3. The molecule has 1 aliphatic rings. The Balaban J connectivity index is 1.74. The summed E-state index contributed by atoms with van der Waals surface area (Å²) in [6.07, 6.45) is 8.14. The molecule has 1 aliphatic carbocycles. The van der Waals surface area contributed by atoms with Crippen molar-refractivity contribution in [1.82, 2.24) is 4.98 Å². The molecule has 25 heavy (non-hydrogen) atoms. The molecule has 1 amide bonds. The van der Waals surface area contributed by atoms with E-state index in [4.69, 9.17) is 9.47 Å². The van der Waals surface area contributed by atoms with Crippen LogP contribution in [0.3, 0.4) is 0 Å². The first-order valence-corrected chi connectivity index (χ1v) is 8.44. The molecule has 3 rings (SSSR count). The highest BCUT2D eigenvalue weighted by Crippen LogP contribution is 2.29. The summed E-state index contributed by atoms with van der Waals surface area (Å²) in [6, 6.07) is 7.56. The van der Waals surface area contributed by atoms with Crippen molar-refractivity contribution < 1.29 is 14.3 Å². The van der Waals surface area contributed by atoms with Crippen LogP contribution in [0, 0.1) is 0 Å². The Kier molecular flexibility index (Phi) is 5.38. The van der Waals surface area contributed by atoms with Crippen molar-refractivity contribution in [2.45, 2.75) is 31.7 Å². The zero-order valence-electron chi connectivity index (χ0n) is 14.5. The van der Waals surface area contributed by atoms with Crippen LogP contribution in [-0.2, 0) is 0 Å². The Morgan fingerprint density at radius 1 is 1.12 bits per heavy atom. The van der Waals surface area contributed by atoms with Gasteiger partial charge in [0.1, 0.15) is 11.5 Å². The molecule has 1 saturated carbocycles. The average molecular weight is 341 g/mol. The van der Waals surface area contributed by atoms with Gasteiger partial charge in [-0.05, 0) is 31.0 Å². The molecule has 0 radical (unpaired) electrons. The number of carbonyl (C=O) groups excluding carboxylic acids is 1. The fraction of sp³-hybridized carbons (Fsp3) is 0.368. The second-order valence-corrected chi connectivity index (χ2v) is 6.11. The molecular weight excluding hydrogens is 318 g/mol. The number of anilines is 2. The summed E-state index contributed by atoms with van der Waals surface area (Å²) in [4.78, 5) is 16.8. The highest BCUT2D eigenvalue weighted by atomic mass is 16.5. The van der Waals surface area contributed by atoms with Crippen molar-refractivity contribution in [1.29, 1.82) is 0 Å². The van der Waals surface area contributed by atoms with Gasteiger partial charge in [0, 0.05) is 24.5 Å². The molecule has 132 valence electrons. The van der Waals surface area contributed by atoms with Crippen molar-refractivity contribution >= 4 is 17.3 Å². The van der Waals surface area contributed by atoms with Crippen LogP contribution >= 0.6 is 0 Å². The normalized spacial score (nSPS) is 14.2. The van der Waals surface area contributed by atoms with Crippen molar-refractivity contribution in [3.63, 3.8) is 0 Å². The summed E-state index contributed by atoms with van der Waals surface area (Å²) >= 11 is 0. The van der Waals surface area contributed by atoms with Crippen LogP contribution in [0.4, 0.5) is 11.4 Å². The van der Waals surface area contributed by atoms with Crippen LogP contribution in [0.2, 0.25) is 0 Å². The van der Waals surface area contributed by atoms with Crippen LogP contribution < -0.4 is 20.1 Å². The average Bonchev–Trinajstić information content (AvgIpc) is 3.14. The van der Waals surface area contributed by atoms with Crippen LogP contribution in [0.25, 0.3) is 0 Å². The third kappa shape index (κ3) is 4.21. The number of hydrogen-bond donors (Lipinski definition) is 2. The Hall–Kier alpha value is -2.76. The van der Waals surface area contributed by atoms with Gasteiger partial charge in [-0.1, -0.05) is 12.8 Å². The molecule has 0 atom stereocenters. The van der Waals surface area contributed by atoms with Crippen molar-refractivity contribution in [3.8, 4) is 11.5 Å². The van der Waals surface area contributed by atoms with Gasteiger partial charge in [-0.3, -0.25) is 9.78 Å². The first-order chi connectivity index (χ1) is 12.2. The number of ether oxygens (including phenoxy) is 2. The van der Waals surface area contributed by atoms with E-state index in [0.29, 0.717) is 28.8 Å². The number of rotatable bonds is 6. The maximum atomic E-state index is 12.6. The summed E-state index contributed by atoms with van der Waals surface area (Å²) in [5.41, 5.74) is 1.92. The monoisotopic (exact) mass is 341 g/mol. The minimum absolute atomic E-state index is 0.242. The summed E-state index contributed by atoms with van der Waals surface area (Å²) in [6.45, 7) is 0. The van der Waals surface area contributed by atoms with E-state index in [-0.39, 0.29) is 5.91 Å². The largest absolute Gasteiger partial charge is 0.497 e. The molecule has 1 aromatic carbocycles. The summed E-state index contributed by atoms with van der Waals surface area (Å²) in [7, 11) is 3.14. The van der Waals surface area contributed by atoms with Crippen LogP contribution in [-0.4, -0.2) is 31.2 Å². The van der Waals surface area contributed by atoms with Crippen LogP contribution in [0.15, 0.2) is 36.7 Å². The zero-order valence-corrected chi connectivity index (χ0v) is 14.5. The van der Waals surface area contributed by atoms with E-state index >= 15 is 0 Å². The van der Waals surface area contributed by atoms with Gasteiger partial charge < -0.3 is 20.1 Å². The Labute approximate surface area is 147 Å². The van der Waals surface area contributed by atoms with Gasteiger partial charge in [0.2, 0.25) is 0 Å². The molecule has 6 nitrogen and oxygen atoms in total. The maximum absolute atomic E-state index is 12.6. The number of aromatic nitrogens is 1. The molecule has 1 aromatic heterocycles. The van der Waals surface area contributed by atoms with Gasteiger partial charge >= 0.3 is 0 Å². The highest BCUT2D eigenvalue weighted by Gasteiger charge is 2.16. The first kappa shape index (κ1) is 17.1. The molecule has 2 aromatic rings. The third-order valence-electron chi connectivity index (χ3n) is 4.38. The summed E-state index contributed by atoms with van der Waals surface area (Å²) in [5.74, 6) is 0.974. The number of benzene rings is 1. The maximum Gasteiger partial charge on any atom is 0.257 e. The van der Waals surface area contributed by atoms with Crippen molar-refractivity contribution in [2.24, 2.45) is 0 Å². The van der Waals surface area contributed by atoms with Crippen LogP contribution in [0.1, 0.15) is 36.0 Å². The van der Waals surface area contributed by atoms with Gasteiger partial charge in [0.25, 0.3) is 5.91 Å². The lowest BCUT2D eigenvalue weighted by Gasteiger charge is -2.14.